The quantitative estimate of drug-likeness (QED) is 0.0321. The molecule has 0 aromatic rings. The molecular weight excluding hydrogens is 875 g/mol. The zero-order chi connectivity index (χ0) is 51.4. The first-order valence-electron chi connectivity index (χ1n) is 31.4. The van der Waals surface area contributed by atoms with E-state index in [9.17, 15) is 19.8 Å². The fraction of sp³-hybridized carbons (Fsp3) is 0.846. The van der Waals surface area contributed by atoms with Crippen molar-refractivity contribution in [2.75, 3.05) is 13.2 Å². The Morgan fingerprint density at radius 1 is 0.394 bits per heavy atom. The van der Waals surface area contributed by atoms with Gasteiger partial charge in [-0.25, -0.2) is 0 Å². The molecule has 0 radical (unpaired) electrons. The molecular formula is C65H121NO5. The largest absolute Gasteiger partial charge is 0.466 e. The molecule has 71 heavy (non-hydrogen) atoms. The molecule has 0 bridgehead atoms. The minimum absolute atomic E-state index is 0.0185. The van der Waals surface area contributed by atoms with Crippen molar-refractivity contribution in [3.05, 3.63) is 48.6 Å². The Hall–Kier alpha value is -2.18. The summed E-state index contributed by atoms with van der Waals surface area (Å²) in [6, 6.07) is -0.642. The number of aliphatic hydroxyl groups is 2. The molecule has 0 spiro atoms. The van der Waals surface area contributed by atoms with Crippen LogP contribution in [-0.4, -0.2) is 47.4 Å². The number of carbonyl (C=O) groups excluding carboxylic acids is 2. The molecule has 0 heterocycles. The Balaban J connectivity index is 3.50. The predicted octanol–water partition coefficient (Wildman–Crippen LogP) is 19.7. The smallest absolute Gasteiger partial charge is 0.305 e. The van der Waals surface area contributed by atoms with Crippen LogP contribution in [0.2, 0.25) is 0 Å². The Morgan fingerprint density at radius 2 is 0.704 bits per heavy atom. The van der Waals surface area contributed by atoms with E-state index in [2.05, 4.69) is 55.6 Å². The summed E-state index contributed by atoms with van der Waals surface area (Å²) in [6.07, 6.45) is 77.1. The van der Waals surface area contributed by atoms with Crippen molar-refractivity contribution >= 4 is 11.9 Å². The van der Waals surface area contributed by atoms with Crippen molar-refractivity contribution in [2.24, 2.45) is 0 Å². The van der Waals surface area contributed by atoms with E-state index in [1.807, 2.05) is 6.08 Å². The molecule has 0 aliphatic rings. The van der Waals surface area contributed by atoms with Crippen LogP contribution in [0, 0.1) is 0 Å². The Bertz CT molecular complexity index is 1190. The number of nitrogens with one attached hydrogen (secondary N) is 1. The lowest BCUT2D eigenvalue weighted by atomic mass is 10.0. The van der Waals surface area contributed by atoms with E-state index in [0.29, 0.717) is 19.4 Å². The third kappa shape index (κ3) is 57.0. The predicted molar refractivity (Wildman–Crippen MR) is 310 cm³/mol. The van der Waals surface area contributed by atoms with Gasteiger partial charge in [0.15, 0.2) is 0 Å². The molecule has 6 nitrogen and oxygen atoms in total. The lowest BCUT2D eigenvalue weighted by Gasteiger charge is -2.20. The third-order valence-corrected chi connectivity index (χ3v) is 14.3. The second-order valence-corrected chi connectivity index (χ2v) is 21.4. The van der Waals surface area contributed by atoms with Gasteiger partial charge in [0.25, 0.3) is 0 Å². The number of ether oxygens (including phenoxy) is 1. The van der Waals surface area contributed by atoms with E-state index in [1.54, 1.807) is 6.08 Å². The Labute approximate surface area is 442 Å². The average Bonchev–Trinajstić information content (AvgIpc) is 3.37. The SMILES string of the molecule is CCCCCC/C=C\C/C=C\CCCCCCCCCC(=O)OCCCCCC/C=C\CCCCCCCCCC(=O)NC(CO)C(O)/C=C/CCCCCCCCCCCCCCCCCCCCC. The fourth-order valence-electron chi connectivity index (χ4n) is 9.48. The van der Waals surface area contributed by atoms with E-state index in [1.165, 1.54) is 225 Å². The van der Waals surface area contributed by atoms with Crippen molar-refractivity contribution < 1.29 is 24.5 Å². The number of unbranched alkanes of at least 4 members (excludes halogenated alkanes) is 41. The maximum absolute atomic E-state index is 12.5. The van der Waals surface area contributed by atoms with Gasteiger partial charge in [0.05, 0.1) is 25.4 Å². The van der Waals surface area contributed by atoms with Crippen LogP contribution < -0.4 is 5.32 Å². The summed E-state index contributed by atoms with van der Waals surface area (Å²) >= 11 is 0. The first-order valence-corrected chi connectivity index (χ1v) is 31.4. The highest BCUT2D eigenvalue weighted by Gasteiger charge is 2.18. The van der Waals surface area contributed by atoms with E-state index in [0.717, 1.165) is 77.0 Å². The summed E-state index contributed by atoms with van der Waals surface area (Å²) in [6.45, 7) is 4.86. The molecule has 1 amide bonds. The highest BCUT2D eigenvalue weighted by Crippen LogP contribution is 2.17. The van der Waals surface area contributed by atoms with Gasteiger partial charge >= 0.3 is 5.97 Å². The molecule has 0 aliphatic carbocycles. The summed E-state index contributed by atoms with van der Waals surface area (Å²) in [5.41, 5.74) is 0. The standard InChI is InChI=1S/C65H121NO5/c1-3-5-7-9-11-13-15-17-19-21-23-24-25-26-29-33-37-41-45-49-53-57-63(68)62(61-67)66-64(69)58-54-50-46-42-38-34-30-28-32-36-40-44-48-52-56-60-71-65(70)59-55-51-47-43-39-35-31-27-22-20-18-16-14-12-10-8-6-4-2/h14,16,20,22,32,36,53,57,62-63,67-68H,3-13,15,17-19,21,23-31,33-35,37-52,54-56,58-61H2,1-2H3,(H,66,69)/b16-14-,22-20-,36-32-,57-53+. The number of esters is 1. The number of carbonyl (C=O) groups is 2. The van der Waals surface area contributed by atoms with Gasteiger partial charge in [-0.15, -0.1) is 0 Å². The zero-order valence-electron chi connectivity index (χ0n) is 47.5. The molecule has 0 aromatic carbocycles. The summed E-state index contributed by atoms with van der Waals surface area (Å²) in [5.74, 6) is -0.100. The van der Waals surface area contributed by atoms with Crippen molar-refractivity contribution in [2.45, 2.75) is 341 Å². The maximum atomic E-state index is 12.5. The normalized spacial score (nSPS) is 12.9. The van der Waals surface area contributed by atoms with Crippen molar-refractivity contribution in [1.82, 2.24) is 5.32 Å². The number of aliphatic hydroxyl groups excluding tert-OH is 2. The molecule has 0 aliphatic heterocycles. The van der Waals surface area contributed by atoms with Gasteiger partial charge in [0.1, 0.15) is 0 Å². The molecule has 416 valence electrons. The number of rotatable bonds is 58. The first-order chi connectivity index (χ1) is 35.0. The zero-order valence-corrected chi connectivity index (χ0v) is 47.5. The second kappa shape index (κ2) is 60.4. The number of allylic oxidation sites excluding steroid dienone is 7. The average molecular weight is 997 g/mol. The van der Waals surface area contributed by atoms with Gasteiger partial charge in [0, 0.05) is 12.8 Å². The van der Waals surface area contributed by atoms with E-state index >= 15 is 0 Å². The van der Waals surface area contributed by atoms with Gasteiger partial charge in [0.2, 0.25) is 5.91 Å². The minimum atomic E-state index is -0.857. The van der Waals surface area contributed by atoms with Crippen LogP contribution in [0.5, 0.6) is 0 Å². The summed E-state index contributed by atoms with van der Waals surface area (Å²) < 4.78 is 5.47. The number of amides is 1. The van der Waals surface area contributed by atoms with Gasteiger partial charge in [-0.3, -0.25) is 9.59 Å². The monoisotopic (exact) mass is 996 g/mol. The molecule has 0 rings (SSSR count). The van der Waals surface area contributed by atoms with Crippen LogP contribution in [0.25, 0.3) is 0 Å². The topological polar surface area (TPSA) is 95.9 Å². The summed E-state index contributed by atoms with van der Waals surface area (Å²) in [5, 5.41) is 23.2. The molecule has 6 heteroatoms. The van der Waals surface area contributed by atoms with Gasteiger partial charge in [-0.1, -0.05) is 274 Å². The molecule has 2 unspecified atom stereocenters. The summed E-state index contributed by atoms with van der Waals surface area (Å²) in [4.78, 5) is 24.6. The van der Waals surface area contributed by atoms with E-state index in [-0.39, 0.29) is 18.5 Å². The van der Waals surface area contributed by atoms with Crippen LogP contribution in [-0.2, 0) is 14.3 Å². The van der Waals surface area contributed by atoms with Crippen LogP contribution in [0.3, 0.4) is 0 Å². The highest BCUT2D eigenvalue weighted by atomic mass is 16.5. The number of hydrogen-bond donors (Lipinski definition) is 3. The molecule has 2 atom stereocenters. The molecule has 0 saturated carbocycles. The van der Waals surface area contributed by atoms with E-state index in [4.69, 9.17) is 4.74 Å². The van der Waals surface area contributed by atoms with Crippen molar-refractivity contribution in [3.8, 4) is 0 Å². The molecule has 3 N–H and O–H groups in total. The highest BCUT2D eigenvalue weighted by molar-refractivity contribution is 5.76. The summed E-state index contributed by atoms with van der Waals surface area (Å²) in [7, 11) is 0. The third-order valence-electron chi connectivity index (χ3n) is 14.3. The van der Waals surface area contributed by atoms with Crippen molar-refractivity contribution in [3.63, 3.8) is 0 Å². The van der Waals surface area contributed by atoms with Crippen LogP contribution in [0.4, 0.5) is 0 Å². The Morgan fingerprint density at radius 3 is 1.10 bits per heavy atom. The molecule has 0 aromatic heterocycles. The van der Waals surface area contributed by atoms with E-state index < -0.39 is 12.1 Å². The maximum Gasteiger partial charge on any atom is 0.305 e. The lowest BCUT2D eigenvalue weighted by molar-refractivity contribution is -0.143. The van der Waals surface area contributed by atoms with Gasteiger partial charge in [-0.2, -0.15) is 0 Å². The molecule has 0 saturated heterocycles. The Kier molecular flexibility index (Phi) is 58.5. The fourth-order valence-corrected chi connectivity index (χ4v) is 9.48. The first kappa shape index (κ1) is 68.8. The number of hydrogen-bond acceptors (Lipinski definition) is 5. The minimum Gasteiger partial charge on any atom is -0.466 e. The van der Waals surface area contributed by atoms with Crippen LogP contribution in [0.15, 0.2) is 48.6 Å². The van der Waals surface area contributed by atoms with Crippen LogP contribution >= 0.6 is 0 Å². The van der Waals surface area contributed by atoms with Crippen molar-refractivity contribution in [1.29, 1.82) is 0 Å². The van der Waals surface area contributed by atoms with Gasteiger partial charge in [-0.05, 0) is 89.9 Å². The molecule has 0 fully saturated rings. The van der Waals surface area contributed by atoms with Crippen LogP contribution in [0.1, 0.15) is 328 Å². The second-order valence-electron chi connectivity index (χ2n) is 21.4. The van der Waals surface area contributed by atoms with Gasteiger partial charge < -0.3 is 20.3 Å². The lowest BCUT2D eigenvalue weighted by Crippen LogP contribution is -2.45.